The first-order valence-corrected chi connectivity index (χ1v) is 8.34. The summed E-state index contributed by atoms with van der Waals surface area (Å²) in [6, 6.07) is 6.02. The van der Waals surface area contributed by atoms with Crippen LogP contribution in [-0.2, 0) is 17.0 Å². The quantitative estimate of drug-likeness (QED) is 0.729. The second-order valence-electron chi connectivity index (χ2n) is 7.22. The second-order valence-corrected chi connectivity index (χ2v) is 8.92. The molecule has 1 rings (SSSR count). The third kappa shape index (κ3) is 4.85. The maximum atomic E-state index is 9.31. The van der Waals surface area contributed by atoms with Gasteiger partial charge in [-0.2, -0.15) is 14.7 Å². The Morgan fingerprint density at radius 2 is 1.42 bits per heavy atom. The molecule has 1 aromatic carbocycles. The van der Waals surface area contributed by atoms with Gasteiger partial charge in [-0.3, -0.25) is 0 Å². The highest BCUT2D eigenvalue weighted by Gasteiger charge is 2.33. The van der Waals surface area contributed by atoms with E-state index >= 15 is 0 Å². The molecule has 0 aromatic heterocycles. The van der Waals surface area contributed by atoms with E-state index in [4.69, 9.17) is 0 Å². The molecular weight excluding hydrogens is 259 g/mol. The van der Waals surface area contributed by atoms with Crippen LogP contribution in [-0.4, -0.2) is 14.7 Å². The van der Waals surface area contributed by atoms with Gasteiger partial charge in [0, 0.05) is 5.56 Å². The highest BCUT2D eigenvalue weighted by Crippen LogP contribution is 2.49. The van der Waals surface area contributed by atoms with Gasteiger partial charge in [-0.1, -0.05) is 59.7 Å². The van der Waals surface area contributed by atoms with Crippen LogP contribution >= 0.6 is 7.94 Å². The lowest BCUT2D eigenvalue weighted by molar-refractivity contribution is 0.328. The zero-order chi connectivity index (χ0) is 15.1. The molecule has 0 aliphatic heterocycles. The van der Waals surface area contributed by atoms with Gasteiger partial charge in [0.1, 0.15) is 0 Å². The molecule has 0 aliphatic rings. The molecule has 4 heteroatoms. The van der Waals surface area contributed by atoms with Crippen LogP contribution in [0.5, 0.6) is 0 Å². The van der Waals surface area contributed by atoms with E-state index in [1.807, 2.05) is 12.1 Å². The highest BCUT2D eigenvalue weighted by atomic mass is 31.2. The normalized spacial score (nSPS) is 13.7. The Morgan fingerprint density at radius 1 is 0.895 bits per heavy atom. The molecule has 0 bridgehead atoms. The van der Waals surface area contributed by atoms with Gasteiger partial charge in [0.2, 0.25) is 0 Å². The van der Waals surface area contributed by atoms with E-state index in [1.165, 1.54) is 5.56 Å². The summed E-state index contributed by atoms with van der Waals surface area (Å²) in [5.41, 5.74) is 3.01. The predicted molar refractivity (Wildman–Crippen MR) is 81.1 cm³/mol. The minimum Gasteiger partial charge on any atom is -0.193 e. The summed E-state index contributed by atoms with van der Waals surface area (Å²) in [7, 11) is -3.79. The van der Waals surface area contributed by atoms with Gasteiger partial charge < -0.3 is 0 Å². The van der Waals surface area contributed by atoms with E-state index < -0.39 is 7.94 Å². The van der Waals surface area contributed by atoms with Crippen LogP contribution in [0.1, 0.15) is 58.2 Å². The molecule has 3 N–H and O–H groups in total. The van der Waals surface area contributed by atoms with Gasteiger partial charge >= 0.3 is 7.94 Å². The van der Waals surface area contributed by atoms with Crippen molar-refractivity contribution in [3.63, 3.8) is 0 Å². The molecular formula is C15H26O3P+. The smallest absolute Gasteiger partial charge is 0.193 e. The Balaban J connectivity index is 3.34. The Kier molecular flexibility index (Phi) is 4.49. The fourth-order valence-electron chi connectivity index (χ4n) is 2.11. The standard InChI is InChI=1S/C15H26O3P/c1-14(2,3)12-8-7-11(10-19(16,17)18)13(9-12)15(4,5)6/h7-9,16-18H,10H2,1-6H3/q+1. The summed E-state index contributed by atoms with van der Waals surface area (Å²) in [6.07, 6.45) is -0.0793. The second kappa shape index (κ2) is 5.14. The maximum absolute atomic E-state index is 9.31. The van der Waals surface area contributed by atoms with Crippen molar-refractivity contribution >= 4 is 7.94 Å². The number of benzene rings is 1. The maximum Gasteiger partial charge on any atom is 0.408 e. The summed E-state index contributed by atoms with van der Waals surface area (Å²) < 4.78 is 0. The number of rotatable bonds is 2. The Morgan fingerprint density at radius 3 is 1.79 bits per heavy atom. The van der Waals surface area contributed by atoms with Gasteiger partial charge in [0.15, 0.2) is 6.16 Å². The van der Waals surface area contributed by atoms with Crippen LogP contribution < -0.4 is 0 Å². The van der Waals surface area contributed by atoms with Gasteiger partial charge in [0.05, 0.1) is 0 Å². The lowest BCUT2D eigenvalue weighted by Gasteiger charge is -2.27. The molecule has 0 saturated carbocycles. The molecule has 19 heavy (non-hydrogen) atoms. The molecule has 0 radical (unpaired) electrons. The monoisotopic (exact) mass is 285 g/mol. The van der Waals surface area contributed by atoms with Gasteiger partial charge in [-0.05, 0) is 22.0 Å². The lowest BCUT2D eigenvalue weighted by atomic mass is 9.79. The van der Waals surface area contributed by atoms with Crippen LogP contribution in [0.2, 0.25) is 0 Å². The molecule has 0 aliphatic carbocycles. The summed E-state index contributed by atoms with van der Waals surface area (Å²) in [6.45, 7) is 12.7. The molecule has 0 fully saturated rings. The van der Waals surface area contributed by atoms with Crippen molar-refractivity contribution in [2.24, 2.45) is 0 Å². The first-order valence-electron chi connectivity index (χ1n) is 6.51. The molecule has 0 heterocycles. The van der Waals surface area contributed by atoms with Crippen LogP contribution in [0.25, 0.3) is 0 Å². The van der Waals surface area contributed by atoms with Crippen LogP contribution in [0, 0.1) is 0 Å². The van der Waals surface area contributed by atoms with Crippen LogP contribution in [0.4, 0.5) is 0 Å². The molecule has 0 saturated heterocycles. The SMILES string of the molecule is CC(C)(C)c1ccc(C[P+](O)(O)O)c(C(C)(C)C)c1. The summed E-state index contributed by atoms with van der Waals surface area (Å²) in [4.78, 5) is 27.9. The molecule has 3 nitrogen and oxygen atoms in total. The van der Waals surface area contributed by atoms with Crippen molar-refractivity contribution in [1.29, 1.82) is 0 Å². The van der Waals surface area contributed by atoms with E-state index in [9.17, 15) is 14.7 Å². The van der Waals surface area contributed by atoms with Crippen molar-refractivity contribution in [1.82, 2.24) is 0 Å². The largest absolute Gasteiger partial charge is 0.408 e. The Labute approximate surface area is 116 Å². The summed E-state index contributed by atoms with van der Waals surface area (Å²) in [5, 5.41) is 0. The first kappa shape index (κ1) is 16.6. The molecule has 1 aromatic rings. The molecule has 0 spiro atoms. The van der Waals surface area contributed by atoms with E-state index in [0.29, 0.717) is 0 Å². The van der Waals surface area contributed by atoms with Crippen molar-refractivity contribution in [3.8, 4) is 0 Å². The Bertz CT molecular complexity index is 448. The third-order valence-electron chi connectivity index (χ3n) is 3.17. The number of hydrogen-bond donors (Lipinski definition) is 3. The summed E-state index contributed by atoms with van der Waals surface area (Å²) in [5.74, 6) is 0. The lowest BCUT2D eigenvalue weighted by Crippen LogP contribution is -2.18. The fourth-order valence-corrected chi connectivity index (χ4v) is 2.84. The molecule has 108 valence electrons. The van der Waals surface area contributed by atoms with Crippen molar-refractivity contribution in [2.45, 2.75) is 58.5 Å². The highest BCUT2D eigenvalue weighted by molar-refractivity contribution is 7.57. The average molecular weight is 285 g/mol. The molecule has 0 amide bonds. The minimum absolute atomic E-state index is 0.0441. The zero-order valence-corrected chi connectivity index (χ0v) is 13.6. The zero-order valence-electron chi connectivity index (χ0n) is 12.7. The molecule has 0 unspecified atom stereocenters. The van der Waals surface area contributed by atoms with E-state index in [1.54, 1.807) is 0 Å². The fraction of sp³-hybridized carbons (Fsp3) is 0.600. The average Bonchev–Trinajstić information content (AvgIpc) is 2.11. The van der Waals surface area contributed by atoms with E-state index in [2.05, 4.69) is 47.6 Å². The van der Waals surface area contributed by atoms with Gasteiger partial charge in [-0.15, -0.1) is 0 Å². The van der Waals surface area contributed by atoms with Crippen LogP contribution in [0.3, 0.4) is 0 Å². The van der Waals surface area contributed by atoms with E-state index in [0.717, 1.165) is 11.1 Å². The van der Waals surface area contributed by atoms with Gasteiger partial charge in [0.25, 0.3) is 0 Å². The van der Waals surface area contributed by atoms with Crippen LogP contribution in [0.15, 0.2) is 18.2 Å². The topological polar surface area (TPSA) is 60.7 Å². The van der Waals surface area contributed by atoms with Crippen molar-refractivity contribution in [2.75, 3.05) is 0 Å². The van der Waals surface area contributed by atoms with Crippen molar-refractivity contribution in [3.05, 3.63) is 34.9 Å². The first-order chi connectivity index (χ1) is 8.31. The third-order valence-corrected chi connectivity index (χ3v) is 3.93. The predicted octanol–water partition coefficient (Wildman–Crippen LogP) is 3.52. The van der Waals surface area contributed by atoms with E-state index in [-0.39, 0.29) is 17.0 Å². The number of hydrogen-bond acceptors (Lipinski definition) is 3. The van der Waals surface area contributed by atoms with Crippen molar-refractivity contribution < 1.29 is 14.7 Å². The van der Waals surface area contributed by atoms with Gasteiger partial charge in [-0.25, -0.2) is 0 Å². The molecule has 0 atom stereocenters. The minimum atomic E-state index is -3.79. The summed E-state index contributed by atoms with van der Waals surface area (Å²) >= 11 is 0. The Hall–Kier alpha value is -0.470.